The Morgan fingerprint density at radius 3 is 2.65 bits per heavy atom. The summed E-state index contributed by atoms with van der Waals surface area (Å²) in [7, 11) is 2.23. The van der Waals surface area contributed by atoms with Gasteiger partial charge in [-0.25, -0.2) is 0 Å². The van der Waals surface area contributed by atoms with Crippen molar-refractivity contribution in [1.29, 1.82) is 0 Å². The lowest BCUT2D eigenvalue weighted by atomic mass is 9.85. The molecule has 3 heterocycles. The number of likely N-dealkylation sites (N-methyl/N-ethyl adjacent to an activating group) is 1. The highest BCUT2D eigenvalue weighted by atomic mass is 16.5. The molecule has 1 unspecified atom stereocenters. The van der Waals surface area contributed by atoms with Crippen LogP contribution in [0.15, 0.2) is 24.5 Å². The number of hydrogen-bond donors (Lipinski definition) is 0. The molecule has 0 aromatic carbocycles. The maximum atomic E-state index is 12.6. The number of likely N-dealkylation sites (tertiary alicyclic amines) is 2. The van der Waals surface area contributed by atoms with Gasteiger partial charge in [-0.05, 0) is 51.8 Å². The number of nitrogens with zero attached hydrogens (tertiary/aromatic N) is 3. The number of hydrogen-bond acceptors (Lipinski definition) is 4. The zero-order valence-electron chi connectivity index (χ0n) is 14.2. The summed E-state index contributed by atoms with van der Waals surface area (Å²) in [6.45, 7) is 5.34. The molecule has 3 rings (SSSR count). The van der Waals surface area contributed by atoms with E-state index in [4.69, 9.17) is 4.74 Å². The van der Waals surface area contributed by atoms with E-state index < -0.39 is 0 Å². The lowest BCUT2D eigenvalue weighted by Crippen LogP contribution is -2.54. The number of amides is 1. The first-order valence-electron chi connectivity index (χ1n) is 8.66. The number of pyridine rings is 1. The molecule has 2 saturated heterocycles. The summed E-state index contributed by atoms with van der Waals surface area (Å²) in [5, 5.41) is 0. The quantitative estimate of drug-likeness (QED) is 0.854. The third-order valence-electron chi connectivity index (χ3n) is 5.66. The second kappa shape index (κ2) is 6.97. The van der Waals surface area contributed by atoms with Crippen LogP contribution in [0.5, 0.6) is 0 Å². The number of piperidine rings is 1. The molecule has 1 atom stereocenters. The first kappa shape index (κ1) is 16.4. The molecule has 2 aliphatic heterocycles. The van der Waals surface area contributed by atoms with Crippen molar-refractivity contribution in [3.63, 3.8) is 0 Å². The Balaban J connectivity index is 1.59. The summed E-state index contributed by atoms with van der Waals surface area (Å²) < 4.78 is 5.63. The molecule has 0 aliphatic carbocycles. The number of carbonyl (C=O) groups excluding carboxylic acids is 1. The molecule has 1 spiro atoms. The number of ether oxygens (including phenoxy) is 1. The average molecular weight is 317 g/mol. The van der Waals surface area contributed by atoms with Crippen LogP contribution >= 0.6 is 0 Å². The molecule has 1 amide bonds. The minimum atomic E-state index is 0.133. The van der Waals surface area contributed by atoms with E-state index in [0.717, 1.165) is 44.7 Å². The minimum Gasteiger partial charge on any atom is -0.380 e. The molecule has 2 aliphatic rings. The zero-order chi connectivity index (χ0) is 16.3. The predicted molar refractivity (Wildman–Crippen MR) is 89.4 cm³/mol. The maximum absolute atomic E-state index is 12.6. The van der Waals surface area contributed by atoms with Crippen LogP contribution in [-0.2, 0) is 4.74 Å². The molecule has 2 fully saturated rings. The number of rotatable bonds is 4. The molecule has 0 N–H and O–H groups in total. The Labute approximate surface area is 138 Å². The van der Waals surface area contributed by atoms with Gasteiger partial charge in [0.15, 0.2) is 0 Å². The standard InChI is InChI=1S/C18H27N3O2/c1-3-23-14-16-4-7-18(20(16)2)8-12-21(13-9-18)17(22)15-5-10-19-11-6-15/h5-6,10-11,16H,3-4,7-9,12-14H2,1-2H3. The van der Waals surface area contributed by atoms with Crippen molar-refractivity contribution in [2.24, 2.45) is 0 Å². The van der Waals surface area contributed by atoms with Crippen molar-refractivity contribution in [3.8, 4) is 0 Å². The highest BCUT2D eigenvalue weighted by Gasteiger charge is 2.46. The summed E-state index contributed by atoms with van der Waals surface area (Å²) in [6.07, 6.45) is 7.91. The normalized spacial score (nSPS) is 24.3. The molecule has 1 aromatic heterocycles. The van der Waals surface area contributed by atoms with Gasteiger partial charge >= 0.3 is 0 Å². The van der Waals surface area contributed by atoms with Crippen LogP contribution in [0.2, 0.25) is 0 Å². The van der Waals surface area contributed by atoms with E-state index in [-0.39, 0.29) is 11.4 Å². The molecule has 5 nitrogen and oxygen atoms in total. The average Bonchev–Trinajstić information content (AvgIpc) is 2.90. The fourth-order valence-corrected chi connectivity index (χ4v) is 4.05. The smallest absolute Gasteiger partial charge is 0.253 e. The van der Waals surface area contributed by atoms with Gasteiger partial charge in [-0.2, -0.15) is 0 Å². The summed E-state index contributed by atoms with van der Waals surface area (Å²) in [4.78, 5) is 21.1. The van der Waals surface area contributed by atoms with Crippen LogP contribution < -0.4 is 0 Å². The van der Waals surface area contributed by atoms with Crippen LogP contribution in [0.25, 0.3) is 0 Å². The molecule has 0 saturated carbocycles. The van der Waals surface area contributed by atoms with Crippen molar-refractivity contribution >= 4 is 5.91 Å². The minimum absolute atomic E-state index is 0.133. The van der Waals surface area contributed by atoms with Crippen LogP contribution in [0.1, 0.15) is 43.0 Å². The Morgan fingerprint density at radius 1 is 1.30 bits per heavy atom. The topological polar surface area (TPSA) is 45.7 Å². The summed E-state index contributed by atoms with van der Waals surface area (Å²) in [5.74, 6) is 0.133. The molecule has 126 valence electrons. The molecule has 0 bridgehead atoms. The van der Waals surface area contributed by atoms with Crippen molar-refractivity contribution in [3.05, 3.63) is 30.1 Å². The van der Waals surface area contributed by atoms with Gasteiger partial charge in [0, 0.05) is 49.2 Å². The lowest BCUT2D eigenvalue weighted by molar-refractivity contribution is 0.0211. The van der Waals surface area contributed by atoms with E-state index in [9.17, 15) is 4.79 Å². The van der Waals surface area contributed by atoms with Crippen LogP contribution in [0.3, 0.4) is 0 Å². The Morgan fingerprint density at radius 2 is 2.00 bits per heavy atom. The Bertz CT molecular complexity index is 526. The summed E-state index contributed by atoms with van der Waals surface area (Å²) >= 11 is 0. The third kappa shape index (κ3) is 3.26. The highest BCUT2D eigenvalue weighted by Crippen LogP contribution is 2.40. The second-order valence-electron chi connectivity index (χ2n) is 6.72. The first-order valence-corrected chi connectivity index (χ1v) is 8.66. The molecule has 0 radical (unpaired) electrons. The van der Waals surface area contributed by atoms with E-state index in [1.807, 2.05) is 11.8 Å². The molecular weight excluding hydrogens is 290 g/mol. The fourth-order valence-electron chi connectivity index (χ4n) is 4.05. The van der Waals surface area contributed by atoms with E-state index in [1.165, 1.54) is 12.8 Å². The van der Waals surface area contributed by atoms with Crippen LogP contribution in [0.4, 0.5) is 0 Å². The van der Waals surface area contributed by atoms with E-state index >= 15 is 0 Å². The van der Waals surface area contributed by atoms with Crippen molar-refractivity contribution in [2.75, 3.05) is 33.4 Å². The van der Waals surface area contributed by atoms with E-state index in [2.05, 4.69) is 16.9 Å². The van der Waals surface area contributed by atoms with Crippen molar-refractivity contribution < 1.29 is 9.53 Å². The monoisotopic (exact) mass is 317 g/mol. The van der Waals surface area contributed by atoms with Gasteiger partial charge in [0.1, 0.15) is 0 Å². The zero-order valence-corrected chi connectivity index (χ0v) is 14.2. The van der Waals surface area contributed by atoms with Crippen molar-refractivity contribution in [2.45, 2.75) is 44.2 Å². The molecule has 23 heavy (non-hydrogen) atoms. The molecule has 5 heteroatoms. The highest BCUT2D eigenvalue weighted by molar-refractivity contribution is 5.94. The number of carbonyl (C=O) groups is 1. The van der Waals surface area contributed by atoms with Gasteiger partial charge in [-0.1, -0.05) is 0 Å². The van der Waals surface area contributed by atoms with Gasteiger partial charge in [-0.15, -0.1) is 0 Å². The first-order chi connectivity index (χ1) is 11.2. The van der Waals surface area contributed by atoms with E-state index in [1.54, 1.807) is 24.5 Å². The molecule has 1 aromatic rings. The molecular formula is C18H27N3O2. The van der Waals surface area contributed by atoms with Crippen LogP contribution in [0, 0.1) is 0 Å². The second-order valence-corrected chi connectivity index (χ2v) is 6.72. The third-order valence-corrected chi connectivity index (χ3v) is 5.66. The Hall–Kier alpha value is -1.46. The maximum Gasteiger partial charge on any atom is 0.253 e. The SMILES string of the molecule is CCOCC1CCC2(CCN(C(=O)c3ccncc3)CC2)N1C. The summed E-state index contributed by atoms with van der Waals surface area (Å²) in [6, 6.07) is 4.12. The Kier molecular flexibility index (Phi) is 4.97. The van der Waals surface area contributed by atoms with Gasteiger partial charge in [0.2, 0.25) is 0 Å². The predicted octanol–water partition coefficient (Wildman–Crippen LogP) is 2.19. The fraction of sp³-hybridized carbons (Fsp3) is 0.667. The number of aromatic nitrogens is 1. The van der Waals surface area contributed by atoms with Gasteiger partial charge in [0.25, 0.3) is 5.91 Å². The lowest BCUT2D eigenvalue weighted by Gasteiger charge is -2.45. The summed E-state index contributed by atoms with van der Waals surface area (Å²) in [5.41, 5.74) is 1.00. The van der Waals surface area contributed by atoms with E-state index in [0.29, 0.717) is 6.04 Å². The van der Waals surface area contributed by atoms with Gasteiger partial charge in [0.05, 0.1) is 6.61 Å². The van der Waals surface area contributed by atoms with Crippen molar-refractivity contribution in [1.82, 2.24) is 14.8 Å². The van der Waals surface area contributed by atoms with Crippen LogP contribution in [-0.4, -0.2) is 65.6 Å². The largest absolute Gasteiger partial charge is 0.380 e. The van der Waals surface area contributed by atoms with Gasteiger partial charge in [-0.3, -0.25) is 14.7 Å². The van der Waals surface area contributed by atoms with Gasteiger partial charge < -0.3 is 9.64 Å².